The monoisotopic (exact) mass is 237 g/mol. The Bertz CT molecular complexity index is 304. The summed E-state index contributed by atoms with van der Waals surface area (Å²) in [5.41, 5.74) is 7.17. The van der Waals surface area contributed by atoms with Crippen LogP contribution in [0.5, 0.6) is 0 Å². The molecule has 0 saturated carbocycles. The van der Waals surface area contributed by atoms with E-state index in [1.165, 1.54) is 31.4 Å². The zero-order valence-electron chi connectivity index (χ0n) is 11.5. The van der Waals surface area contributed by atoms with Crippen LogP contribution in [0.15, 0.2) is 12.5 Å². The van der Waals surface area contributed by atoms with E-state index in [0.29, 0.717) is 18.4 Å². The van der Waals surface area contributed by atoms with E-state index in [2.05, 4.69) is 30.3 Å². The second-order valence-electron chi connectivity index (χ2n) is 5.16. The van der Waals surface area contributed by atoms with Gasteiger partial charge in [0.1, 0.15) is 0 Å². The molecule has 0 aromatic carbocycles. The fourth-order valence-electron chi connectivity index (χ4n) is 2.27. The van der Waals surface area contributed by atoms with Crippen LogP contribution in [0.2, 0.25) is 0 Å². The molecule has 0 saturated heterocycles. The quantitative estimate of drug-likeness (QED) is 0.706. The number of hydrogen-bond donors (Lipinski definition) is 1. The number of imidazole rings is 1. The maximum atomic E-state index is 5.87. The van der Waals surface area contributed by atoms with Crippen molar-refractivity contribution >= 4 is 0 Å². The van der Waals surface area contributed by atoms with E-state index in [-0.39, 0.29) is 0 Å². The third-order valence-electron chi connectivity index (χ3n) is 3.44. The highest BCUT2D eigenvalue weighted by molar-refractivity contribution is 5.08. The topological polar surface area (TPSA) is 43.8 Å². The molecule has 1 heterocycles. The minimum Gasteiger partial charge on any atom is -0.334 e. The van der Waals surface area contributed by atoms with Crippen molar-refractivity contribution < 1.29 is 0 Å². The van der Waals surface area contributed by atoms with E-state index < -0.39 is 0 Å². The minimum absolute atomic E-state index is 0.434. The first-order valence-corrected chi connectivity index (χ1v) is 6.90. The standard InChI is InChI=1S/C14H27N3/c1-4-5-6-7-8-17-11-16-10-14(17)13(9-15)12(2)3/h10-13H,4-9,15H2,1-3H3. The van der Waals surface area contributed by atoms with Gasteiger partial charge in [0.2, 0.25) is 0 Å². The average Bonchev–Trinajstić information content (AvgIpc) is 2.73. The molecule has 0 aliphatic heterocycles. The van der Waals surface area contributed by atoms with Gasteiger partial charge in [-0.2, -0.15) is 0 Å². The second-order valence-corrected chi connectivity index (χ2v) is 5.16. The Morgan fingerprint density at radius 3 is 2.65 bits per heavy atom. The molecule has 17 heavy (non-hydrogen) atoms. The molecule has 1 unspecified atom stereocenters. The van der Waals surface area contributed by atoms with Gasteiger partial charge in [0.05, 0.1) is 6.33 Å². The number of unbranched alkanes of at least 4 members (excludes halogenated alkanes) is 3. The van der Waals surface area contributed by atoms with Gasteiger partial charge in [0.15, 0.2) is 0 Å². The molecule has 0 aliphatic carbocycles. The van der Waals surface area contributed by atoms with Gasteiger partial charge in [0.25, 0.3) is 0 Å². The first-order chi connectivity index (χ1) is 8.20. The zero-order valence-corrected chi connectivity index (χ0v) is 11.5. The molecule has 1 aromatic rings. The van der Waals surface area contributed by atoms with E-state index in [4.69, 9.17) is 5.73 Å². The summed E-state index contributed by atoms with van der Waals surface area (Å²) in [5.74, 6) is 1.01. The van der Waals surface area contributed by atoms with Crippen LogP contribution < -0.4 is 5.73 Å². The second kappa shape index (κ2) is 7.49. The van der Waals surface area contributed by atoms with Gasteiger partial charge in [-0.3, -0.25) is 0 Å². The third-order valence-corrected chi connectivity index (χ3v) is 3.44. The van der Waals surface area contributed by atoms with Crippen molar-refractivity contribution in [2.45, 2.75) is 58.9 Å². The molecule has 2 N–H and O–H groups in total. The first kappa shape index (κ1) is 14.2. The molecule has 1 aromatic heterocycles. The Morgan fingerprint density at radius 1 is 1.29 bits per heavy atom. The molecular formula is C14H27N3. The summed E-state index contributed by atoms with van der Waals surface area (Å²) in [6.07, 6.45) is 9.10. The van der Waals surface area contributed by atoms with E-state index in [1.807, 2.05) is 12.5 Å². The molecule has 0 fully saturated rings. The number of hydrogen-bond acceptors (Lipinski definition) is 2. The van der Waals surface area contributed by atoms with Gasteiger partial charge in [-0.25, -0.2) is 4.98 Å². The van der Waals surface area contributed by atoms with Crippen LogP contribution in [0.4, 0.5) is 0 Å². The number of nitrogens with zero attached hydrogens (tertiary/aromatic N) is 2. The maximum Gasteiger partial charge on any atom is 0.0948 e. The molecular weight excluding hydrogens is 210 g/mol. The highest BCUT2D eigenvalue weighted by Crippen LogP contribution is 2.23. The van der Waals surface area contributed by atoms with Crippen LogP contribution in [0.1, 0.15) is 58.1 Å². The smallest absolute Gasteiger partial charge is 0.0948 e. The molecule has 3 heteroatoms. The normalized spacial score (nSPS) is 13.2. The molecule has 0 bridgehead atoms. The van der Waals surface area contributed by atoms with E-state index in [0.717, 1.165) is 6.54 Å². The molecule has 1 atom stereocenters. The predicted octanol–water partition coefficient (Wildman–Crippen LogP) is 3.16. The van der Waals surface area contributed by atoms with Gasteiger partial charge in [-0.15, -0.1) is 0 Å². The molecule has 3 nitrogen and oxygen atoms in total. The van der Waals surface area contributed by atoms with E-state index >= 15 is 0 Å². The third kappa shape index (κ3) is 4.15. The van der Waals surface area contributed by atoms with Gasteiger partial charge in [-0.05, 0) is 12.3 Å². The fourth-order valence-corrected chi connectivity index (χ4v) is 2.27. The lowest BCUT2D eigenvalue weighted by atomic mass is 9.93. The summed E-state index contributed by atoms with van der Waals surface area (Å²) >= 11 is 0. The molecule has 0 radical (unpaired) electrons. The minimum atomic E-state index is 0.434. The first-order valence-electron chi connectivity index (χ1n) is 6.90. The summed E-state index contributed by atoms with van der Waals surface area (Å²) in [6.45, 7) is 8.49. The van der Waals surface area contributed by atoms with Crippen LogP contribution >= 0.6 is 0 Å². The van der Waals surface area contributed by atoms with Crippen molar-refractivity contribution in [1.82, 2.24) is 9.55 Å². The Balaban J connectivity index is 2.58. The van der Waals surface area contributed by atoms with Gasteiger partial charge in [0, 0.05) is 30.9 Å². The molecule has 0 amide bonds. The molecule has 0 spiro atoms. The largest absolute Gasteiger partial charge is 0.334 e. The summed E-state index contributed by atoms with van der Waals surface area (Å²) < 4.78 is 2.28. The van der Waals surface area contributed by atoms with Gasteiger partial charge >= 0.3 is 0 Å². The SMILES string of the molecule is CCCCCCn1cncc1C(CN)C(C)C. The van der Waals surface area contributed by atoms with Crippen molar-refractivity contribution in [2.75, 3.05) is 6.54 Å². The van der Waals surface area contributed by atoms with Crippen LogP contribution in [0.25, 0.3) is 0 Å². The maximum absolute atomic E-state index is 5.87. The molecule has 0 aliphatic rings. The van der Waals surface area contributed by atoms with Crippen molar-refractivity contribution in [3.63, 3.8) is 0 Å². The lowest BCUT2D eigenvalue weighted by molar-refractivity contribution is 0.463. The molecule has 1 rings (SSSR count). The Hall–Kier alpha value is -0.830. The summed E-state index contributed by atoms with van der Waals surface area (Å²) in [6, 6.07) is 0. The summed E-state index contributed by atoms with van der Waals surface area (Å²) in [5, 5.41) is 0. The van der Waals surface area contributed by atoms with Gasteiger partial charge in [-0.1, -0.05) is 40.0 Å². The van der Waals surface area contributed by atoms with Crippen molar-refractivity contribution in [3.8, 4) is 0 Å². The fraction of sp³-hybridized carbons (Fsp3) is 0.786. The molecule has 98 valence electrons. The van der Waals surface area contributed by atoms with Crippen LogP contribution in [0.3, 0.4) is 0 Å². The highest BCUT2D eigenvalue weighted by atomic mass is 15.0. The van der Waals surface area contributed by atoms with Crippen molar-refractivity contribution in [1.29, 1.82) is 0 Å². The number of aromatic nitrogens is 2. The number of rotatable bonds is 8. The van der Waals surface area contributed by atoms with Crippen LogP contribution in [0, 0.1) is 5.92 Å². The summed E-state index contributed by atoms with van der Waals surface area (Å²) in [7, 11) is 0. The van der Waals surface area contributed by atoms with E-state index in [1.54, 1.807) is 0 Å². The van der Waals surface area contributed by atoms with Gasteiger partial charge < -0.3 is 10.3 Å². The highest BCUT2D eigenvalue weighted by Gasteiger charge is 2.17. The van der Waals surface area contributed by atoms with E-state index in [9.17, 15) is 0 Å². The number of nitrogens with two attached hydrogens (primary N) is 1. The van der Waals surface area contributed by atoms with Crippen molar-refractivity contribution in [3.05, 3.63) is 18.2 Å². The average molecular weight is 237 g/mol. The van der Waals surface area contributed by atoms with Crippen LogP contribution in [-0.4, -0.2) is 16.1 Å². The Morgan fingerprint density at radius 2 is 2.06 bits per heavy atom. The van der Waals surface area contributed by atoms with Crippen molar-refractivity contribution in [2.24, 2.45) is 11.7 Å². The lowest BCUT2D eigenvalue weighted by Gasteiger charge is -2.20. The lowest BCUT2D eigenvalue weighted by Crippen LogP contribution is -2.21. The number of aryl methyl sites for hydroxylation is 1. The Labute approximate surface area is 105 Å². The summed E-state index contributed by atoms with van der Waals surface area (Å²) in [4.78, 5) is 4.28. The van der Waals surface area contributed by atoms with Crippen LogP contribution in [-0.2, 0) is 6.54 Å². The zero-order chi connectivity index (χ0) is 12.7. The Kier molecular flexibility index (Phi) is 6.27. The predicted molar refractivity (Wildman–Crippen MR) is 73.0 cm³/mol.